The molecule has 0 bridgehead atoms. The SMILES string of the molecule is CCC(Oc1ccc2c(c1)C(c1ccccc1)N(C(=O)C1CC1)CC2)C(=O)N1CCN(CCOC)CC1. The number of fused-ring (bicyclic) bond motifs is 1. The topological polar surface area (TPSA) is 62.3 Å². The van der Waals surface area contributed by atoms with E-state index in [9.17, 15) is 9.59 Å². The van der Waals surface area contributed by atoms with Gasteiger partial charge in [-0.2, -0.15) is 0 Å². The van der Waals surface area contributed by atoms with E-state index in [0.29, 0.717) is 31.9 Å². The summed E-state index contributed by atoms with van der Waals surface area (Å²) in [7, 11) is 1.72. The van der Waals surface area contributed by atoms with Crippen LogP contribution < -0.4 is 4.74 Å². The first kappa shape index (κ1) is 25.7. The number of rotatable bonds is 9. The molecular weight excluding hydrogens is 466 g/mol. The molecule has 2 amide bonds. The van der Waals surface area contributed by atoms with Crippen LogP contribution in [0.4, 0.5) is 0 Å². The van der Waals surface area contributed by atoms with Gasteiger partial charge in [0, 0.05) is 52.3 Å². The highest BCUT2D eigenvalue weighted by atomic mass is 16.5. The Morgan fingerprint density at radius 3 is 2.43 bits per heavy atom. The molecule has 2 aromatic carbocycles. The van der Waals surface area contributed by atoms with Crippen molar-refractivity contribution in [3.8, 4) is 5.75 Å². The van der Waals surface area contributed by atoms with Gasteiger partial charge in [-0.3, -0.25) is 14.5 Å². The average molecular weight is 506 g/mol. The molecular formula is C30H39N3O4. The van der Waals surface area contributed by atoms with E-state index in [-0.39, 0.29) is 23.8 Å². The molecule has 2 unspecified atom stereocenters. The Balaban J connectivity index is 1.33. The highest BCUT2D eigenvalue weighted by Crippen LogP contribution is 2.41. The third-order valence-corrected chi connectivity index (χ3v) is 7.89. The van der Waals surface area contributed by atoms with Crippen molar-refractivity contribution in [2.45, 2.75) is 44.8 Å². The van der Waals surface area contributed by atoms with E-state index >= 15 is 0 Å². The van der Waals surface area contributed by atoms with Crippen molar-refractivity contribution in [3.05, 3.63) is 65.2 Å². The van der Waals surface area contributed by atoms with Crippen LogP contribution in [0.15, 0.2) is 48.5 Å². The average Bonchev–Trinajstić information content (AvgIpc) is 3.80. The molecule has 0 N–H and O–H groups in total. The quantitative estimate of drug-likeness (QED) is 0.522. The van der Waals surface area contributed by atoms with E-state index in [4.69, 9.17) is 9.47 Å². The first-order valence-corrected chi connectivity index (χ1v) is 13.7. The first-order chi connectivity index (χ1) is 18.1. The van der Waals surface area contributed by atoms with Gasteiger partial charge >= 0.3 is 0 Å². The number of methoxy groups -OCH3 is 1. The van der Waals surface area contributed by atoms with E-state index < -0.39 is 6.10 Å². The molecule has 7 nitrogen and oxygen atoms in total. The van der Waals surface area contributed by atoms with E-state index in [1.807, 2.05) is 36.1 Å². The molecule has 2 aliphatic heterocycles. The standard InChI is InChI=1S/C30H39N3O4/c1-3-27(30(35)32-17-15-31(16-18-32)19-20-36-2)37-25-12-11-22-13-14-33(29(34)24-9-10-24)28(26(22)21-25)23-7-5-4-6-8-23/h4-8,11-12,21,24,27-28H,3,9-10,13-20H2,1-2H3. The molecule has 2 atom stereocenters. The first-order valence-electron chi connectivity index (χ1n) is 13.7. The van der Waals surface area contributed by atoms with Crippen LogP contribution in [-0.2, 0) is 20.7 Å². The molecule has 0 aromatic heterocycles. The van der Waals surface area contributed by atoms with Crippen LogP contribution in [0.3, 0.4) is 0 Å². The van der Waals surface area contributed by atoms with Crippen LogP contribution in [0.1, 0.15) is 48.9 Å². The van der Waals surface area contributed by atoms with E-state index in [2.05, 4.69) is 34.1 Å². The van der Waals surface area contributed by atoms with Crippen molar-refractivity contribution in [1.82, 2.24) is 14.7 Å². The molecule has 2 aromatic rings. The molecule has 2 heterocycles. The summed E-state index contributed by atoms with van der Waals surface area (Å²) in [5.74, 6) is 1.18. The lowest BCUT2D eigenvalue weighted by atomic mass is 9.87. The molecule has 1 saturated heterocycles. The molecule has 198 valence electrons. The summed E-state index contributed by atoms with van der Waals surface area (Å²) >= 11 is 0. The number of carbonyl (C=O) groups excluding carboxylic acids is 2. The fourth-order valence-corrected chi connectivity index (χ4v) is 5.55. The molecule has 3 aliphatic rings. The smallest absolute Gasteiger partial charge is 0.263 e. The van der Waals surface area contributed by atoms with E-state index in [1.54, 1.807) is 7.11 Å². The Morgan fingerprint density at radius 1 is 1.00 bits per heavy atom. The third kappa shape index (κ3) is 5.83. The highest BCUT2D eigenvalue weighted by molar-refractivity contribution is 5.83. The number of ether oxygens (including phenoxy) is 2. The van der Waals surface area contributed by atoms with Gasteiger partial charge in [-0.05, 0) is 54.5 Å². The van der Waals surface area contributed by atoms with Gasteiger partial charge in [0.15, 0.2) is 6.10 Å². The highest BCUT2D eigenvalue weighted by Gasteiger charge is 2.39. The molecule has 2 fully saturated rings. The van der Waals surface area contributed by atoms with Crippen molar-refractivity contribution in [2.24, 2.45) is 5.92 Å². The summed E-state index contributed by atoms with van der Waals surface area (Å²) in [6, 6.07) is 16.3. The van der Waals surface area contributed by atoms with Gasteiger partial charge in [-0.15, -0.1) is 0 Å². The fraction of sp³-hybridized carbons (Fsp3) is 0.533. The summed E-state index contributed by atoms with van der Waals surface area (Å²) in [6.07, 6.45) is 2.91. The number of hydrogen-bond acceptors (Lipinski definition) is 5. The van der Waals surface area contributed by atoms with E-state index in [0.717, 1.165) is 56.6 Å². The van der Waals surface area contributed by atoms with Gasteiger partial charge in [0.05, 0.1) is 12.6 Å². The summed E-state index contributed by atoms with van der Waals surface area (Å²) in [4.78, 5) is 32.9. The van der Waals surface area contributed by atoms with Crippen LogP contribution in [0.2, 0.25) is 0 Å². The lowest BCUT2D eigenvalue weighted by Crippen LogP contribution is -2.52. The summed E-state index contributed by atoms with van der Waals surface area (Å²) in [5.41, 5.74) is 3.47. The Bertz CT molecular complexity index is 1080. The maximum Gasteiger partial charge on any atom is 0.263 e. The molecule has 0 spiro atoms. The van der Waals surface area contributed by atoms with Crippen molar-refractivity contribution in [1.29, 1.82) is 0 Å². The predicted octanol–water partition coefficient (Wildman–Crippen LogP) is 3.52. The van der Waals surface area contributed by atoms with E-state index in [1.165, 1.54) is 5.56 Å². The lowest BCUT2D eigenvalue weighted by molar-refractivity contribution is -0.140. The summed E-state index contributed by atoms with van der Waals surface area (Å²) in [6.45, 7) is 7.46. The molecule has 1 saturated carbocycles. The van der Waals surface area contributed by atoms with Crippen LogP contribution in [-0.4, -0.2) is 85.6 Å². The van der Waals surface area contributed by atoms with Crippen molar-refractivity contribution >= 4 is 11.8 Å². The second kappa shape index (κ2) is 11.7. The molecule has 1 aliphatic carbocycles. The van der Waals surface area contributed by atoms with Crippen LogP contribution in [0, 0.1) is 5.92 Å². The maximum atomic E-state index is 13.4. The summed E-state index contributed by atoms with van der Waals surface area (Å²) < 4.78 is 11.5. The largest absolute Gasteiger partial charge is 0.481 e. The Kier molecular flexibility index (Phi) is 8.11. The van der Waals surface area contributed by atoms with Crippen LogP contribution in [0.25, 0.3) is 0 Å². The number of amides is 2. The second-order valence-electron chi connectivity index (χ2n) is 10.4. The van der Waals surface area contributed by atoms with Gasteiger partial charge in [-0.25, -0.2) is 0 Å². The van der Waals surface area contributed by atoms with Gasteiger partial charge in [-0.1, -0.05) is 43.3 Å². The van der Waals surface area contributed by atoms with Crippen molar-refractivity contribution < 1.29 is 19.1 Å². The zero-order valence-electron chi connectivity index (χ0n) is 22.1. The van der Waals surface area contributed by atoms with Gasteiger partial charge in [0.25, 0.3) is 5.91 Å². The number of piperazine rings is 1. The van der Waals surface area contributed by atoms with Crippen molar-refractivity contribution in [3.63, 3.8) is 0 Å². The number of hydrogen-bond donors (Lipinski definition) is 0. The van der Waals surface area contributed by atoms with Crippen molar-refractivity contribution in [2.75, 3.05) is 53.0 Å². The Morgan fingerprint density at radius 2 is 1.76 bits per heavy atom. The number of carbonyl (C=O) groups is 2. The molecule has 0 radical (unpaired) electrons. The van der Waals surface area contributed by atoms with Gasteiger partial charge in [0.2, 0.25) is 5.91 Å². The van der Waals surface area contributed by atoms with Gasteiger partial charge < -0.3 is 19.3 Å². The Labute approximate surface area is 220 Å². The second-order valence-corrected chi connectivity index (χ2v) is 10.4. The molecule has 5 rings (SSSR count). The fourth-order valence-electron chi connectivity index (χ4n) is 5.55. The van der Waals surface area contributed by atoms with Gasteiger partial charge in [0.1, 0.15) is 5.75 Å². The Hall–Kier alpha value is -2.90. The molecule has 7 heteroatoms. The van der Waals surface area contributed by atoms with Crippen LogP contribution >= 0.6 is 0 Å². The zero-order chi connectivity index (χ0) is 25.8. The minimum absolute atomic E-state index is 0.0526. The predicted molar refractivity (Wildman–Crippen MR) is 142 cm³/mol. The normalized spacial score (nSPS) is 20.9. The number of nitrogens with zero attached hydrogens (tertiary/aromatic N) is 3. The minimum Gasteiger partial charge on any atom is -0.481 e. The third-order valence-electron chi connectivity index (χ3n) is 7.89. The zero-order valence-corrected chi connectivity index (χ0v) is 22.1. The van der Waals surface area contributed by atoms with Crippen LogP contribution in [0.5, 0.6) is 5.75 Å². The molecule has 37 heavy (non-hydrogen) atoms. The minimum atomic E-state index is -0.522. The number of benzene rings is 2. The maximum absolute atomic E-state index is 13.4. The summed E-state index contributed by atoms with van der Waals surface area (Å²) in [5, 5.41) is 0. The monoisotopic (exact) mass is 505 g/mol. The lowest BCUT2D eigenvalue weighted by Gasteiger charge is -2.38.